The number of amides is 2. The number of anilines is 2. The van der Waals surface area contributed by atoms with Crippen LogP contribution in [-0.2, 0) is 9.59 Å². The zero-order chi connectivity index (χ0) is 16.4. The molecular weight excluding hydrogens is 292 g/mol. The summed E-state index contributed by atoms with van der Waals surface area (Å²) in [4.78, 5) is 24.3. The SMILES string of the molecule is Cc1ccc(C)c(NC(=O)C[C@@H]2Oc3ccccc3NC2=O)c1. The largest absolute Gasteiger partial charge is 0.478 e. The first kappa shape index (κ1) is 15.1. The average Bonchev–Trinajstić information content (AvgIpc) is 2.51. The lowest BCUT2D eigenvalue weighted by Gasteiger charge is -2.25. The molecule has 118 valence electrons. The van der Waals surface area contributed by atoms with Crippen molar-refractivity contribution >= 4 is 23.2 Å². The van der Waals surface area contributed by atoms with Crippen LogP contribution in [-0.4, -0.2) is 17.9 Å². The zero-order valence-corrected chi connectivity index (χ0v) is 13.1. The Kier molecular flexibility index (Phi) is 4.02. The summed E-state index contributed by atoms with van der Waals surface area (Å²) in [7, 11) is 0. The van der Waals surface area contributed by atoms with Gasteiger partial charge in [0, 0.05) is 5.69 Å². The molecule has 1 aliphatic rings. The minimum absolute atomic E-state index is 0.0342. The minimum atomic E-state index is -0.824. The van der Waals surface area contributed by atoms with Crippen molar-refractivity contribution in [2.45, 2.75) is 26.4 Å². The third kappa shape index (κ3) is 3.34. The summed E-state index contributed by atoms with van der Waals surface area (Å²) >= 11 is 0. The van der Waals surface area contributed by atoms with Gasteiger partial charge >= 0.3 is 0 Å². The summed E-state index contributed by atoms with van der Waals surface area (Å²) in [6, 6.07) is 13.0. The first-order valence-corrected chi connectivity index (χ1v) is 7.46. The van der Waals surface area contributed by atoms with Gasteiger partial charge in [0.15, 0.2) is 6.10 Å². The predicted molar refractivity (Wildman–Crippen MR) is 88.7 cm³/mol. The molecule has 23 heavy (non-hydrogen) atoms. The highest BCUT2D eigenvalue weighted by atomic mass is 16.5. The van der Waals surface area contributed by atoms with Crippen LogP contribution in [0.15, 0.2) is 42.5 Å². The van der Waals surface area contributed by atoms with Crippen LogP contribution in [0.2, 0.25) is 0 Å². The lowest BCUT2D eigenvalue weighted by Crippen LogP contribution is -2.39. The number of nitrogens with one attached hydrogen (secondary N) is 2. The van der Waals surface area contributed by atoms with E-state index in [0.717, 1.165) is 16.8 Å². The molecule has 1 aliphatic heterocycles. The third-order valence-electron chi connectivity index (χ3n) is 3.74. The maximum absolute atomic E-state index is 12.2. The van der Waals surface area contributed by atoms with E-state index >= 15 is 0 Å². The maximum Gasteiger partial charge on any atom is 0.266 e. The van der Waals surface area contributed by atoms with E-state index in [1.54, 1.807) is 12.1 Å². The fraction of sp³-hybridized carbons (Fsp3) is 0.222. The normalized spacial score (nSPS) is 16.1. The molecule has 0 spiro atoms. The number of carbonyl (C=O) groups is 2. The Hall–Kier alpha value is -2.82. The number of fused-ring (bicyclic) bond motifs is 1. The first-order valence-electron chi connectivity index (χ1n) is 7.46. The van der Waals surface area contributed by atoms with Gasteiger partial charge in [-0.05, 0) is 43.2 Å². The average molecular weight is 310 g/mol. The Bertz CT molecular complexity index is 771. The van der Waals surface area contributed by atoms with E-state index in [1.807, 2.05) is 44.2 Å². The highest BCUT2D eigenvalue weighted by Crippen LogP contribution is 2.29. The maximum atomic E-state index is 12.2. The predicted octanol–water partition coefficient (Wildman–Crippen LogP) is 3.03. The molecule has 2 aromatic carbocycles. The van der Waals surface area contributed by atoms with Gasteiger partial charge in [0.1, 0.15) is 5.75 Å². The number of ether oxygens (including phenoxy) is 1. The van der Waals surface area contributed by atoms with Crippen molar-refractivity contribution in [3.8, 4) is 5.75 Å². The summed E-state index contributed by atoms with van der Waals surface area (Å²) in [6.07, 6.45) is -0.858. The monoisotopic (exact) mass is 310 g/mol. The van der Waals surface area contributed by atoms with Gasteiger partial charge in [-0.25, -0.2) is 0 Å². The van der Waals surface area contributed by atoms with Crippen molar-refractivity contribution < 1.29 is 14.3 Å². The van der Waals surface area contributed by atoms with Gasteiger partial charge in [-0.1, -0.05) is 24.3 Å². The van der Waals surface area contributed by atoms with E-state index in [9.17, 15) is 9.59 Å². The number of benzene rings is 2. The molecule has 2 N–H and O–H groups in total. The van der Waals surface area contributed by atoms with Crippen molar-refractivity contribution in [1.29, 1.82) is 0 Å². The van der Waals surface area contributed by atoms with Crippen LogP contribution in [0.4, 0.5) is 11.4 Å². The second-order valence-electron chi connectivity index (χ2n) is 5.66. The molecule has 2 aromatic rings. The zero-order valence-electron chi connectivity index (χ0n) is 13.1. The fourth-order valence-corrected chi connectivity index (χ4v) is 2.47. The quantitative estimate of drug-likeness (QED) is 0.915. The van der Waals surface area contributed by atoms with Gasteiger partial charge in [-0.3, -0.25) is 9.59 Å². The Morgan fingerprint density at radius 3 is 2.83 bits per heavy atom. The van der Waals surface area contributed by atoms with Gasteiger partial charge in [0.05, 0.1) is 12.1 Å². The number of hydrogen-bond donors (Lipinski definition) is 2. The van der Waals surface area contributed by atoms with E-state index in [4.69, 9.17) is 4.74 Å². The minimum Gasteiger partial charge on any atom is -0.478 e. The molecule has 5 nitrogen and oxygen atoms in total. The lowest BCUT2D eigenvalue weighted by molar-refractivity contribution is -0.128. The Morgan fingerprint density at radius 1 is 1.22 bits per heavy atom. The summed E-state index contributed by atoms with van der Waals surface area (Å²) in [5, 5.41) is 5.60. The van der Waals surface area contributed by atoms with Gasteiger partial charge in [-0.2, -0.15) is 0 Å². The van der Waals surface area contributed by atoms with Crippen LogP contribution in [0.1, 0.15) is 17.5 Å². The molecular formula is C18H18N2O3. The molecule has 0 bridgehead atoms. The van der Waals surface area contributed by atoms with Crippen LogP contribution in [0.3, 0.4) is 0 Å². The molecule has 2 amide bonds. The molecule has 0 radical (unpaired) electrons. The Morgan fingerprint density at radius 2 is 2.00 bits per heavy atom. The smallest absolute Gasteiger partial charge is 0.266 e. The Balaban J connectivity index is 1.69. The van der Waals surface area contributed by atoms with Crippen molar-refractivity contribution in [3.63, 3.8) is 0 Å². The first-order chi connectivity index (χ1) is 11.0. The molecule has 0 aliphatic carbocycles. The van der Waals surface area contributed by atoms with Crippen molar-refractivity contribution in [1.82, 2.24) is 0 Å². The molecule has 0 saturated carbocycles. The van der Waals surface area contributed by atoms with Gasteiger partial charge in [0.2, 0.25) is 5.91 Å². The van der Waals surface area contributed by atoms with Gasteiger partial charge < -0.3 is 15.4 Å². The fourth-order valence-electron chi connectivity index (χ4n) is 2.47. The van der Waals surface area contributed by atoms with Gasteiger partial charge in [-0.15, -0.1) is 0 Å². The summed E-state index contributed by atoms with van der Waals surface area (Å²) < 4.78 is 5.63. The van der Waals surface area contributed by atoms with E-state index < -0.39 is 6.10 Å². The summed E-state index contributed by atoms with van der Waals surface area (Å²) in [6.45, 7) is 3.89. The molecule has 0 unspecified atom stereocenters. The van der Waals surface area contributed by atoms with Crippen LogP contribution in [0, 0.1) is 13.8 Å². The molecule has 0 aromatic heterocycles. The second-order valence-corrected chi connectivity index (χ2v) is 5.66. The molecule has 1 heterocycles. The number of carbonyl (C=O) groups excluding carboxylic acids is 2. The highest BCUT2D eigenvalue weighted by molar-refractivity contribution is 6.02. The van der Waals surface area contributed by atoms with E-state index in [1.165, 1.54) is 0 Å². The molecule has 3 rings (SSSR count). The van der Waals surface area contributed by atoms with Crippen molar-refractivity contribution in [2.24, 2.45) is 0 Å². The number of aryl methyl sites for hydroxylation is 2. The van der Waals surface area contributed by atoms with E-state index in [2.05, 4.69) is 10.6 Å². The summed E-state index contributed by atoms with van der Waals surface area (Å²) in [5.41, 5.74) is 3.42. The molecule has 0 fully saturated rings. The third-order valence-corrected chi connectivity index (χ3v) is 3.74. The molecule has 1 atom stereocenters. The van der Waals surface area contributed by atoms with Crippen molar-refractivity contribution in [3.05, 3.63) is 53.6 Å². The van der Waals surface area contributed by atoms with Crippen LogP contribution in [0.5, 0.6) is 5.75 Å². The second kappa shape index (κ2) is 6.12. The van der Waals surface area contributed by atoms with Crippen molar-refractivity contribution in [2.75, 3.05) is 10.6 Å². The highest BCUT2D eigenvalue weighted by Gasteiger charge is 2.29. The topological polar surface area (TPSA) is 67.4 Å². The Labute approximate surface area is 134 Å². The van der Waals surface area contributed by atoms with E-state index in [-0.39, 0.29) is 18.2 Å². The molecule has 5 heteroatoms. The number of para-hydroxylation sites is 2. The van der Waals surface area contributed by atoms with Crippen LogP contribution in [0.25, 0.3) is 0 Å². The number of hydrogen-bond acceptors (Lipinski definition) is 3. The number of rotatable bonds is 3. The van der Waals surface area contributed by atoms with Crippen LogP contribution < -0.4 is 15.4 Å². The van der Waals surface area contributed by atoms with Gasteiger partial charge in [0.25, 0.3) is 5.91 Å². The lowest BCUT2D eigenvalue weighted by atomic mass is 10.1. The van der Waals surface area contributed by atoms with Crippen LogP contribution >= 0.6 is 0 Å². The van der Waals surface area contributed by atoms with E-state index in [0.29, 0.717) is 11.4 Å². The standard InChI is InChI=1S/C18H18N2O3/c1-11-7-8-12(2)14(9-11)19-17(21)10-16-18(22)20-13-5-3-4-6-15(13)23-16/h3-9,16H,10H2,1-2H3,(H,19,21)(H,20,22)/t16-/m0/s1. The molecule has 0 saturated heterocycles. The summed E-state index contributed by atoms with van der Waals surface area (Å²) in [5.74, 6) is 0.0229.